The van der Waals surface area contributed by atoms with Crippen molar-refractivity contribution in [1.82, 2.24) is 15.1 Å². The number of nitrogens with zero attached hydrogens (tertiary/aromatic N) is 2. The molecule has 1 aliphatic heterocycles. The summed E-state index contributed by atoms with van der Waals surface area (Å²) in [4.78, 5) is 28.4. The quantitative estimate of drug-likeness (QED) is 0.394. The van der Waals surface area contributed by atoms with Crippen LogP contribution in [0.15, 0.2) is 47.1 Å². The smallest absolute Gasteiger partial charge is 0.464 e. The molecule has 0 aliphatic carbocycles. The normalized spacial score (nSPS) is 17.3. The molecule has 3 N–H and O–H groups in total. The maximum atomic E-state index is 12.4. The number of nitrogens with one attached hydrogen (secondary N) is 1. The van der Waals surface area contributed by atoms with Crippen LogP contribution in [0.25, 0.3) is 11.0 Å². The topological polar surface area (TPSA) is 115 Å². The van der Waals surface area contributed by atoms with Gasteiger partial charge in [-0.25, -0.2) is 4.79 Å². The number of likely N-dealkylation sites (N-methyl/N-ethyl adjacent to an activating group) is 1. The first kappa shape index (κ1) is 23.8. The molecule has 1 aliphatic rings. The van der Waals surface area contributed by atoms with Gasteiger partial charge in [-0.15, -0.1) is 0 Å². The van der Waals surface area contributed by atoms with Crippen molar-refractivity contribution in [3.05, 3.63) is 48.2 Å². The van der Waals surface area contributed by atoms with E-state index >= 15 is 0 Å². The number of benzene rings is 1. The van der Waals surface area contributed by atoms with Crippen LogP contribution in [0.4, 0.5) is 4.79 Å². The predicted octanol–water partition coefficient (Wildman–Crippen LogP) is 1.19. The number of fused-ring (bicyclic) bond motifs is 1. The summed E-state index contributed by atoms with van der Waals surface area (Å²) < 4.78 is 10.8. The van der Waals surface area contributed by atoms with Crippen LogP contribution in [-0.4, -0.2) is 84.7 Å². The molecule has 0 unspecified atom stereocenters. The number of hydrogen-bond donors (Lipinski definition) is 3. The fraction of sp³-hybridized carbons (Fsp3) is 0.455. The van der Waals surface area contributed by atoms with Crippen LogP contribution >= 0.6 is 0 Å². The van der Waals surface area contributed by atoms with E-state index in [0.717, 1.165) is 23.8 Å². The molecular weight excluding hydrogens is 413 g/mol. The number of carbonyl (C=O) groups excluding carboxylic acids is 2. The van der Waals surface area contributed by atoms with Crippen LogP contribution < -0.4 is 5.32 Å². The molecule has 32 heavy (non-hydrogen) atoms. The first-order valence-electron chi connectivity index (χ1n) is 10.7. The van der Waals surface area contributed by atoms with E-state index in [-0.39, 0.29) is 25.0 Å². The third-order valence-corrected chi connectivity index (χ3v) is 5.46. The van der Waals surface area contributed by atoms with E-state index in [1.54, 1.807) is 23.3 Å². The third kappa shape index (κ3) is 6.35. The van der Waals surface area contributed by atoms with Crippen molar-refractivity contribution in [1.29, 1.82) is 0 Å². The lowest BCUT2D eigenvalue weighted by Gasteiger charge is -2.24. The molecule has 2 aromatic rings. The van der Waals surface area contributed by atoms with E-state index in [9.17, 15) is 19.6 Å². The summed E-state index contributed by atoms with van der Waals surface area (Å²) in [6.07, 6.45) is 5.87. The van der Waals surface area contributed by atoms with Gasteiger partial charge in [-0.05, 0) is 45.0 Å². The van der Waals surface area contributed by atoms with Crippen molar-refractivity contribution >= 4 is 30.1 Å². The van der Waals surface area contributed by atoms with Gasteiger partial charge in [0.15, 0.2) is 0 Å². The number of ether oxygens (including phenoxy) is 1. The van der Waals surface area contributed by atoms with Crippen molar-refractivity contribution < 1.29 is 28.8 Å². The number of alkyl carbamates (subject to hydrolysis) is 1. The first-order valence-corrected chi connectivity index (χ1v) is 10.7. The fourth-order valence-corrected chi connectivity index (χ4v) is 3.78. The van der Waals surface area contributed by atoms with Gasteiger partial charge in [0.2, 0.25) is 5.91 Å². The largest absolute Gasteiger partial charge is 0.475 e. The van der Waals surface area contributed by atoms with Gasteiger partial charge in [0, 0.05) is 24.6 Å². The van der Waals surface area contributed by atoms with E-state index in [4.69, 9.17) is 9.15 Å². The minimum Gasteiger partial charge on any atom is -0.464 e. The van der Waals surface area contributed by atoms with E-state index < -0.39 is 19.2 Å². The molecule has 0 bridgehead atoms. The molecule has 172 valence electrons. The lowest BCUT2D eigenvalue weighted by atomic mass is 9.76. The maximum Gasteiger partial charge on any atom is 0.475 e. The van der Waals surface area contributed by atoms with Crippen LogP contribution in [0, 0.1) is 0 Å². The Balaban J connectivity index is 1.53. The van der Waals surface area contributed by atoms with Gasteiger partial charge in [0.05, 0.1) is 18.2 Å². The second kappa shape index (κ2) is 11.2. The molecule has 1 aromatic carbocycles. The Bertz CT molecular complexity index is 945. The van der Waals surface area contributed by atoms with Crippen LogP contribution in [0.2, 0.25) is 0 Å². The summed E-state index contributed by atoms with van der Waals surface area (Å²) in [6, 6.07) is 7.19. The molecule has 0 radical (unpaired) electrons. The second-order valence-electron chi connectivity index (χ2n) is 8.22. The summed E-state index contributed by atoms with van der Waals surface area (Å²) in [5.74, 6) is -1.08. The summed E-state index contributed by atoms with van der Waals surface area (Å²) in [7, 11) is 2.07. The van der Waals surface area contributed by atoms with Crippen molar-refractivity contribution in [2.24, 2.45) is 0 Å². The number of para-hydroxylation sites is 1. The standard InChI is InChI=1S/C22H30BN3O6/c1-25(2)11-6-10-21(27)26-12-5-7-17(26)15-32-22(28)24-20(23(29)30)13-16-14-31-19-9-4-3-8-18(16)19/h3-4,6,8-10,14,17,20,29-30H,5,7,11-13,15H2,1-2H3,(H,24,28)/b10-6+/t17-,20+/m1/s1. The maximum absolute atomic E-state index is 12.4. The van der Waals surface area contributed by atoms with E-state index in [1.165, 1.54) is 0 Å². The van der Waals surface area contributed by atoms with Crippen LogP contribution in [-0.2, 0) is 16.0 Å². The lowest BCUT2D eigenvalue weighted by molar-refractivity contribution is -0.127. The van der Waals surface area contributed by atoms with Gasteiger partial charge < -0.3 is 34.3 Å². The summed E-state index contributed by atoms with van der Waals surface area (Å²) in [5, 5.41) is 22.8. The molecule has 0 saturated carbocycles. The number of rotatable bonds is 9. The van der Waals surface area contributed by atoms with Gasteiger partial charge in [0.1, 0.15) is 12.2 Å². The molecule has 2 amide bonds. The summed E-state index contributed by atoms with van der Waals surface area (Å²) >= 11 is 0. The van der Waals surface area contributed by atoms with Gasteiger partial charge in [-0.1, -0.05) is 24.3 Å². The highest BCUT2D eigenvalue weighted by atomic mass is 16.5. The van der Waals surface area contributed by atoms with Crippen LogP contribution in [0.1, 0.15) is 18.4 Å². The van der Waals surface area contributed by atoms with E-state index in [0.29, 0.717) is 18.7 Å². The highest BCUT2D eigenvalue weighted by Gasteiger charge is 2.30. The van der Waals surface area contributed by atoms with Crippen molar-refractivity contribution in [2.75, 3.05) is 33.8 Å². The zero-order valence-electron chi connectivity index (χ0n) is 18.4. The van der Waals surface area contributed by atoms with Gasteiger partial charge in [-0.2, -0.15) is 0 Å². The number of carbonyl (C=O) groups is 2. The SMILES string of the molecule is CN(C)C/C=C/C(=O)N1CCC[C@@H]1COC(=O)N[C@@H](Cc1coc2ccccc12)B(O)O. The minimum atomic E-state index is -1.78. The van der Waals surface area contributed by atoms with Gasteiger partial charge in [-0.3, -0.25) is 4.79 Å². The fourth-order valence-electron chi connectivity index (χ4n) is 3.78. The first-order chi connectivity index (χ1) is 15.3. The predicted molar refractivity (Wildman–Crippen MR) is 121 cm³/mol. The molecule has 1 saturated heterocycles. The Kier molecular flexibility index (Phi) is 8.32. The Labute approximate surface area is 187 Å². The average Bonchev–Trinajstić information content (AvgIpc) is 3.38. The lowest BCUT2D eigenvalue weighted by Crippen LogP contribution is -2.48. The Morgan fingerprint density at radius 3 is 2.91 bits per heavy atom. The number of hydrogen-bond acceptors (Lipinski definition) is 7. The molecule has 2 atom stereocenters. The van der Waals surface area contributed by atoms with Crippen LogP contribution in [0.5, 0.6) is 0 Å². The number of likely N-dealkylation sites (tertiary alicyclic amines) is 1. The zero-order chi connectivity index (χ0) is 23.1. The van der Waals surface area contributed by atoms with Crippen molar-refractivity contribution in [3.63, 3.8) is 0 Å². The highest BCUT2D eigenvalue weighted by molar-refractivity contribution is 6.43. The summed E-state index contributed by atoms with van der Waals surface area (Å²) in [6.45, 7) is 1.33. The monoisotopic (exact) mass is 443 g/mol. The van der Waals surface area contributed by atoms with Gasteiger partial charge in [0.25, 0.3) is 0 Å². The molecule has 0 spiro atoms. The summed E-state index contributed by atoms with van der Waals surface area (Å²) in [5.41, 5.74) is 1.43. The number of amides is 2. The second-order valence-corrected chi connectivity index (χ2v) is 8.22. The van der Waals surface area contributed by atoms with Crippen LogP contribution in [0.3, 0.4) is 0 Å². The highest BCUT2D eigenvalue weighted by Crippen LogP contribution is 2.22. The Morgan fingerprint density at radius 2 is 2.16 bits per heavy atom. The third-order valence-electron chi connectivity index (χ3n) is 5.46. The average molecular weight is 443 g/mol. The molecule has 2 heterocycles. The van der Waals surface area contributed by atoms with Crippen molar-refractivity contribution in [3.8, 4) is 0 Å². The molecule has 1 fully saturated rings. The Morgan fingerprint density at radius 1 is 1.38 bits per heavy atom. The molecular formula is C22H30BN3O6. The number of furan rings is 1. The molecule has 10 heteroatoms. The zero-order valence-corrected chi connectivity index (χ0v) is 18.4. The van der Waals surface area contributed by atoms with Crippen molar-refractivity contribution in [2.45, 2.75) is 31.2 Å². The molecule has 9 nitrogen and oxygen atoms in total. The van der Waals surface area contributed by atoms with E-state index in [1.807, 2.05) is 43.3 Å². The Hall–Kier alpha value is -2.82. The molecule has 3 rings (SSSR count). The molecule has 1 aromatic heterocycles. The van der Waals surface area contributed by atoms with E-state index in [2.05, 4.69) is 5.32 Å². The minimum absolute atomic E-state index is 0.0436. The van der Waals surface area contributed by atoms with Gasteiger partial charge >= 0.3 is 13.2 Å².